The van der Waals surface area contributed by atoms with Crippen molar-refractivity contribution in [2.24, 2.45) is 5.92 Å². The zero-order chi connectivity index (χ0) is 8.48. The van der Waals surface area contributed by atoms with Crippen LogP contribution in [0, 0.1) is 5.92 Å². The van der Waals surface area contributed by atoms with Crippen LogP contribution in [0.2, 0.25) is 0 Å². The van der Waals surface area contributed by atoms with Gasteiger partial charge in [0.05, 0.1) is 10.8 Å². The molecule has 0 spiro atoms. The van der Waals surface area contributed by atoms with Crippen LogP contribution in [0.25, 0.3) is 0 Å². The van der Waals surface area contributed by atoms with Gasteiger partial charge in [0.25, 0.3) is 0 Å². The van der Waals surface area contributed by atoms with Gasteiger partial charge in [-0.05, 0) is 19.8 Å². The fourth-order valence-corrected chi connectivity index (χ4v) is 1.32. The normalized spacial score (nSPS) is 37.1. The Balaban J connectivity index is 2.63. The minimum Gasteiger partial charge on any atom is -0.481 e. The van der Waals surface area contributed by atoms with Gasteiger partial charge in [-0.3, -0.25) is 4.79 Å². The molecule has 1 N–H and O–H groups in total. The smallest absolute Gasteiger partial charge is 0.310 e. The van der Waals surface area contributed by atoms with E-state index in [4.69, 9.17) is 16.7 Å². The number of carbonyl (C=O) groups is 1. The fourth-order valence-electron chi connectivity index (χ4n) is 1.14. The summed E-state index contributed by atoms with van der Waals surface area (Å²) in [7, 11) is 0. The molecule has 0 radical (unpaired) electrons. The Morgan fingerprint density at radius 2 is 2.45 bits per heavy atom. The van der Waals surface area contributed by atoms with Crippen LogP contribution < -0.4 is 0 Å². The maximum atomic E-state index is 10.5. The molecular formula is C8H11ClO2. The third-order valence-corrected chi connectivity index (χ3v) is 2.25. The number of alkyl halides is 1. The van der Waals surface area contributed by atoms with Crippen LogP contribution >= 0.6 is 11.6 Å². The molecule has 0 saturated heterocycles. The quantitative estimate of drug-likeness (QED) is 0.488. The molecule has 0 fully saturated rings. The molecule has 0 aromatic rings. The van der Waals surface area contributed by atoms with Crippen molar-refractivity contribution in [1.82, 2.24) is 0 Å². The van der Waals surface area contributed by atoms with E-state index in [-0.39, 0.29) is 10.8 Å². The van der Waals surface area contributed by atoms with Gasteiger partial charge in [0, 0.05) is 0 Å². The Hall–Kier alpha value is -0.500. The largest absolute Gasteiger partial charge is 0.481 e. The monoisotopic (exact) mass is 174 g/mol. The minimum atomic E-state index is -0.756. The lowest BCUT2D eigenvalue weighted by Gasteiger charge is -2.24. The Kier molecular flexibility index (Phi) is 2.23. The van der Waals surface area contributed by atoms with Gasteiger partial charge in [-0.15, -0.1) is 11.6 Å². The third kappa shape index (κ3) is 2.22. The van der Waals surface area contributed by atoms with Crippen molar-refractivity contribution in [3.05, 3.63) is 12.2 Å². The van der Waals surface area contributed by atoms with Crippen molar-refractivity contribution in [3.63, 3.8) is 0 Å². The summed E-state index contributed by atoms with van der Waals surface area (Å²) in [6.45, 7) is 1.89. The van der Waals surface area contributed by atoms with Crippen LogP contribution in [0.15, 0.2) is 12.2 Å². The van der Waals surface area contributed by atoms with Crippen LogP contribution in [-0.2, 0) is 4.79 Å². The Bertz CT molecular complexity index is 196. The Morgan fingerprint density at radius 1 is 1.82 bits per heavy atom. The molecule has 11 heavy (non-hydrogen) atoms. The molecule has 0 aliphatic heterocycles. The summed E-state index contributed by atoms with van der Waals surface area (Å²) in [5.74, 6) is -1.09. The van der Waals surface area contributed by atoms with E-state index >= 15 is 0 Å². The van der Waals surface area contributed by atoms with Crippen LogP contribution in [0.4, 0.5) is 0 Å². The summed E-state index contributed by atoms with van der Waals surface area (Å²) < 4.78 is 0. The van der Waals surface area contributed by atoms with Gasteiger partial charge in [0.15, 0.2) is 0 Å². The van der Waals surface area contributed by atoms with E-state index in [1.165, 1.54) is 0 Å². The maximum absolute atomic E-state index is 10.5. The second-order valence-electron chi connectivity index (χ2n) is 3.12. The van der Waals surface area contributed by atoms with Crippen molar-refractivity contribution in [3.8, 4) is 0 Å². The van der Waals surface area contributed by atoms with Gasteiger partial charge in [0.1, 0.15) is 0 Å². The third-order valence-electron chi connectivity index (χ3n) is 1.94. The molecular weight excluding hydrogens is 164 g/mol. The molecule has 3 heteroatoms. The highest BCUT2D eigenvalue weighted by molar-refractivity contribution is 6.25. The summed E-state index contributed by atoms with van der Waals surface area (Å²) in [4.78, 5) is 10.1. The number of rotatable bonds is 1. The average Bonchev–Trinajstić information content (AvgIpc) is 1.86. The maximum Gasteiger partial charge on any atom is 0.310 e. The van der Waals surface area contributed by atoms with E-state index < -0.39 is 5.97 Å². The standard InChI is InChI=1S/C8H11ClO2/c1-8(9)4-2-6(3-5-8)7(10)11/h2,4,6H,3,5H2,1H3,(H,10,11). The zero-order valence-electron chi connectivity index (χ0n) is 6.38. The number of hydrogen-bond donors (Lipinski definition) is 1. The first kappa shape index (κ1) is 8.60. The van der Waals surface area contributed by atoms with E-state index in [0.29, 0.717) is 6.42 Å². The molecule has 0 heterocycles. The summed E-state index contributed by atoms with van der Waals surface area (Å²) in [6.07, 6.45) is 4.84. The number of carboxylic acid groups (broad SMARTS) is 1. The first-order chi connectivity index (χ1) is 5.01. The minimum absolute atomic E-state index is 0.327. The van der Waals surface area contributed by atoms with E-state index in [1.807, 2.05) is 6.92 Å². The number of allylic oxidation sites excluding steroid dienone is 1. The van der Waals surface area contributed by atoms with Crippen molar-refractivity contribution < 1.29 is 9.90 Å². The second kappa shape index (κ2) is 2.86. The number of aliphatic carboxylic acids is 1. The van der Waals surface area contributed by atoms with Crippen molar-refractivity contribution >= 4 is 17.6 Å². The fraction of sp³-hybridized carbons (Fsp3) is 0.625. The average molecular weight is 175 g/mol. The molecule has 1 aliphatic carbocycles. The highest BCUT2D eigenvalue weighted by atomic mass is 35.5. The molecule has 1 rings (SSSR count). The molecule has 0 aromatic heterocycles. The molecule has 2 unspecified atom stereocenters. The van der Waals surface area contributed by atoms with Crippen LogP contribution in [0.1, 0.15) is 19.8 Å². The van der Waals surface area contributed by atoms with E-state index in [9.17, 15) is 4.79 Å². The molecule has 62 valence electrons. The van der Waals surface area contributed by atoms with E-state index in [0.717, 1.165) is 6.42 Å². The lowest BCUT2D eigenvalue weighted by Crippen LogP contribution is -2.23. The van der Waals surface area contributed by atoms with Crippen LogP contribution in [0.5, 0.6) is 0 Å². The topological polar surface area (TPSA) is 37.3 Å². The predicted molar refractivity (Wildman–Crippen MR) is 43.8 cm³/mol. The lowest BCUT2D eigenvalue weighted by molar-refractivity contribution is -0.140. The van der Waals surface area contributed by atoms with Gasteiger partial charge in [0.2, 0.25) is 0 Å². The van der Waals surface area contributed by atoms with Gasteiger partial charge in [-0.2, -0.15) is 0 Å². The molecule has 0 bridgehead atoms. The van der Waals surface area contributed by atoms with Crippen molar-refractivity contribution in [2.75, 3.05) is 0 Å². The molecule has 0 saturated carbocycles. The number of hydrogen-bond acceptors (Lipinski definition) is 1. The SMILES string of the molecule is CC1(Cl)C=CC(C(=O)O)CC1. The molecule has 0 amide bonds. The lowest BCUT2D eigenvalue weighted by atomic mass is 9.89. The molecule has 2 atom stereocenters. The summed E-state index contributed by atoms with van der Waals surface area (Å²) >= 11 is 5.96. The number of halogens is 1. The van der Waals surface area contributed by atoms with Crippen molar-refractivity contribution in [1.29, 1.82) is 0 Å². The second-order valence-corrected chi connectivity index (χ2v) is 3.98. The van der Waals surface area contributed by atoms with Crippen molar-refractivity contribution in [2.45, 2.75) is 24.6 Å². The first-order valence-corrected chi connectivity index (χ1v) is 4.00. The number of carboxylic acids is 1. The van der Waals surface area contributed by atoms with Gasteiger partial charge < -0.3 is 5.11 Å². The van der Waals surface area contributed by atoms with Crippen LogP contribution in [0.3, 0.4) is 0 Å². The molecule has 2 nitrogen and oxygen atoms in total. The Morgan fingerprint density at radius 3 is 2.82 bits per heavy atom. The van der Waals surface area contributed by atoms with E-state index in [2.05, 4.69) is 0 Å². The zero-order valence-corrected chi connectivity index (χ0v) is 7.14. The van der Waals surface area contributed by atoms with E-state index in [1.54, 1.807) is 12.2 Å². The summed E-state index contributed by atoms with van der Waals surface area (Å²) in [5, 5.41) is 8.61. The Labute approximate surface area is 70.9 Å². The first-order valence-electron chi connectivity index (χ1n) is 3.62. The predicted octanol–water partition coefficient (Wildman–Crippen LogP) is 2.03. The van der Waals surface area contributed by atoms with Gasteiger partial charge in [-0.1, -0.05) is 12.2 Å². The summed E-state index contributed by atoms with van der Waals surface area (Å²) in [5.41, 5.74) is 0. The van der Waals surface area contributed by atoms with Crippen LogP contribution in [-0.4, -0.2) is 16.0 Å². The highest BCUT2D eigenvalue weighted by Gasteiger charge is 2.26. The molecule has 1 aliphatic rings. The van der Waals surface area contributed by atoms with Gasteiger partial charge in [-0.25, -0.2) is 0 Å². The van der Waals surface area contributed by atoms with Gasteiger partial charge >= 0.3 is 5.97 Å². The molecule has 0 aromatic carbocycles. The highest BCUT2D eigenvalue weighted by Crippen LogP contribution is 2.30. The summed E-state index contributed by atoms with van der Waals surface area (Å²) in [6, 6.07) is 0.